The quantitative estimate of drug-likeness (QED) is 0.898. The Balaban J connectivity index is 1.92. The van der Waals surface area contributed by atoms with Gasteiger partial charge < -0.3 is 10.5 Å². The lowest BCUT2D eigenvalue weighted by atomic mass is 9.91. The van der Waals surface area contributed by atoms with Gasteiger partial charge in [0.2, 0.25) is 0 Å². The zero-order valence-electron chi connectivity index (χ0n) is 11.4. The maximum Gasteiger partial charge on any atom is 0.119 e. The minimum absolute atomic E-state index is 0.189. The Morgan fingerprint density at radius 2 is 1.74 bits per heavy atom. The Labute approximate surface area is 114 Å². The highest BCUT2D eigenvalue weighted by Crippen LogP contribution is 2.35. The zero-order valence-corrected chi connectivity index (χ0v) is 11.4. The lowest BCUT2D eigenvalue weighted by Crippen LogP contribution is -2.18. The molecule has 1 atom stereocenters. The van der Waals surface area contributed by atoms with Crippen LogP contribution in [0.3, 0.4) is 0 Å². The van der Waals surface area contributed by atoms with Crippen LogP contribution in [0.4, 0.5) is 0 Å². The molecule has 0 unspecified atom stereocenters. The number of benzene rings is 2. The smallest absolute Gasteiger partial charge is 0.119 e. The van der Waals surface area contributed by atoms with Gasteiger partial charge in [-0.2, -0.15) is 0 Å². The average Bonchev–Trinajstić information content (AvgIpc) is 2.99. The molecule has 1 aliphatic rings. The summed E-state index contributed by atoms with van der Waals surface area (Å²) in [6, 6.07) is 12.9. The van der Waals surface area contributed by atoms with Gasteiger partial charge in [0.15, 0.2) is 0 Å². The summed E-state index contributed by atoms with van der Waals surface area (Å²) >= 11 is 0. The normalized spacial score (nSPS) is 17.8. The van der Waals surface area contributed by atoms with Crippen LogP contribution >= 0.6 is 0 Å². The van der Waals surface area contributed by atoms with Crippen molar-refractivity contribution in [3.63, 3.8) is 0 Å². The molecule has 1 aliphatic carbocycles. The molecule has 0 radical (unpaired) electrons. The minimum Gasteiger partial charge on any atom is -0.497 e. The molecule has 1 saturated carbocycles. The fourth-order valence-electron chi connectivity index (χ4n) is 3.17. The topological polar surface area (TPSA) is 35.2 Å². The second kappa shape index (κ2) is 5.22. The van der Waals surface area contributed by atoms with Crippen molar-refractivity contribution in [2.45, 2.75) is 31.7 Å². The maximum atomic E-state index is 6.42. The molecule has 3 rings (SSSR count). The largest absolute Gasteiger partial charge is 0.497 e. The van der Waals surface area contributed by atoms with Gasteiger partial charge in [-0.3, -0.25) is 0 Å². The number of methoxy groups -OCH3 is 1. The van der Waals surface area contributed by atoms with Gasteiger partial charge in [-0.25, -0.2) is 0 Å². The molecule has 2 heteroatoms. The van der Waals surface area contributed by atoms with E-state index in [1.807, 2.05) is 6.07 Å². The summed E-state index contributed by atoms with van der Waals surface area (Å²) in [5.41, 5.74) is 7.69. The van der Waals surface area contributed by atoms with E-state index in [1.165, 1.54) is 42.0 Å². The number of rotatable bonds is 3. The minimum atomic E-state index is 0.189. The lowest BCUT2D eigenvalue weighted by molar-refractivity contribution is 0.415. The third-order valence-corrected chi connectivity index (χ3v) is 4.36. The zero-order chi connectivity index (χ0) is 13.2. The number of fused-ring (bicyclic) bond motifs is 1. The van der Waals surface area contributed by atoms with E-state index >= 15 is 0 Å². The molecule has 2 N–H and O–H groups in total. The highest BCUT2D eigenvalue weighted by molar-refractivity contribution is 5.84. The van der Waals surface area contributed by atoms with Crippen molar-refractivity contribution in [2.24, 2.45) is 11.7 Å². The van der Waals surface area contributed by atoms with E-state index in [1.54, 1.807) is 7.11 Å². The first-order valence-electron chi connectivity index (χ1n) is 7.11. The summed E-state index contributed by atoms with van der Waals surface area (Å²) < 4.78 is 5.26. The monoisotopic (exact) mass is 255 g/mol. The van der Waals surface area contributed by atoms with E-state index in [-0.39, 0.29) is 6.04 Å². The van der Waals surface area contributed by atoms with E-state index in [0.29, 0.717) is 5.92 Å². The van der Waals surface area contributed by atoms with Gasteiger partial charge in [-0.1, -0.05) is 31.0 Å². The second-order valence-electron chi connectivity index (χ2n) is 5.54. The molecule has 2 nitrogen and oxygen atoms in total. The van der Waals surface area contributed by atoms with Crippen LogP contribution in [-0.4, -0.2) is 7.11 Å². The van der Waals surface area contributed by atoms with Crippen molar-refractivity contribution >= 4 is 10.8 Å². The molecule has 0 heterocycles. The molecule has 0 bridgehead atoms. The van der Waals surface area contributed by atoms with E-state index in [9.17, 15) is 0 Å². The Kier molecular flexibility index (Phi) is 3.43. The van der Waals surface area contributed by atoms with E-state index < -0.39 is 0 Å². The first kappa shape index (κ1) is 12.5. The van der Waals surface area contributed by atoms with E-state index in [4.69, 9.17) is 10.5 Å². The fourth-order valence-corrected chi connectivity index (χ4v) is 3.17. The van der Waals surface area contributed by atoms with Crippen molar-refractivity contribution in [1.29, 1.82) is 0 Å². The lowest BCUT2D eigenvalue weighted by Gasteiger charge is -2.19. The highest BCUT2D eigenvalue weighted by atomic mass is 16.5. The Bertz CT molecular complexity index is 572. The number of nitrogens with two attached hydrogens (primary N) is 1. The Morgan fingerprint density at radius 3 is 2.47 bits per heavy atom. The Morgan fingerprint density at radius 1 is 1.05 bits per heavy atom. The van der Waals surface area contributed by atoms with Gasteiger partial charge in [0, 0.05) is 6.04 Å². The molecular weight excluding hydrogens is 234 g/mol. The van der Waals surface area contributed by atoms with E-state index in [0.717, 1.165) is 5.75 Å². The molecule has 0 amide bonds. The van der Waals surface area contributed by atoms with Crippen molar-refractivity contribution < 1.29 is 4.74 Å². The standard InChI is InChI=1S/C17H21NO/c1-19-16-9-8-13-10-15(7-6-14(13)11-16)17(18)12-4-2-3-5-12/h6-12,17H,2-5,18H2,1H3/t17-/m1/s1. The van der Waals surface area contributed by atoms with Gasteiger partial charge in [0.05, 0.1) is 7.11 Å². The summed E-state index contributed by atoms with van der Waals surface area (Å²) in [4.78, 5) is 0. The third-order valence-electron chi connectivity index (χ3n) is 4.36. The molecule has 0 aliphatic heterocycles. The molecule has 100 valence electrons. The van der Waals surface area contributed by atoms with Gasteiger partial charge in [-0.15, -0.1) is 0 Å². The molecule has 2 aromatic rings. The van der Waals surface area contributed by atoms with Crippen molar-refractivity contribution in [3.8, 4) is 5.75 Å². The molecule has 19 heavy (non-hydrogen) atoms. The molecule has 0 aromatic heterocycles. The van der Waals surface area contributed by atoms with Crippen molar-refractivity contribution in [3.05, 3.63) is 42.0 Å². The number of hydrogen-bond donors (Lipinski definition) is 1. The van der Waals surface area contributed by atoms with Crippen LogP contribution < -0.4 is 10.5 Å². The molecule has 1 fully saturated rings. The highest BCUT2D eigenvalue weighted by Gasteiger charge is 2.23. The summed E-state index contributed by atoms with van der Waals surface area (Å²) in [6.45, 7) is 0. The van der Waals surface area contributed by atoms with Gasteiger partial charge in [0.25, 0.3) is 0 Å². The molecule has 2 aromatic carbocycles. The van der Waals surface area contributed by atoms with Crippen molar-refractivity contribution in [2.75, 3.05) is 7.11 Å². The van der Waals surface area contributed by atoms with Crippen LogP contribution in [0.2, 0.25) is 0 Å². The van der Waals surface area contributed by atoms with Gasteiger partial charge >= 0.3 is 0 Å². The fraction of sp³-hybridized carbons (Fsp3) is 0.412. The number of hydrogen-bond acceptors (Lipinski definition) is 2. The average molecular weight is 255 g/mol. The van der Waals surface area contributed by atoms with Crippen LogP contribution in [-0.2, 0) is 0 Å². The predicted octanol–water partition coefficient (Wildman–Crippen LogP) is 4.04. The van der Waals surface area contributed by atoms with Crippen LogP contribution in [0.1, 0.15) is 37.3 Å². The molecule has 0 saturated heterocycles. The summed E-state index contributed by atoms with van der Waals surface area (Å²) in [7, 11) is 1.70. The SMILES string of the molecule is COc1ccc2cc([C@H](N)C3CCCC3)ccc2c1. The third kappa shape index (κ3) is 2.45. The van der Waals surface area contributed by atoms with Crippen LogP contribution in [0.25, 0.3) is 10.8 Å². The van der Waals surface area contributed by atoms with Crippen LogP contribution in [0.5, 0.6) is 5.75 Å². The van der Waals surface area contributed by atoms with Gasteiger partial charge in [-0.05, 0) is 53.3 Å². The second-order valence-corrected chi connectivity index (χ2v) is 5.54. The predicted molar refractivity (Wildman–Crippen MR) is 79.4 cm³/mol. The molecule has 0 spiro atoms. The first-order valence-corrected chi connectivity index (χ1v) is 7.11. The number of ether oxygens (including phenoxy) is 1. The summed E-state index contributed by atoms with van der Waals surface area (Å²) in [6.07, 6.45) is 5.23. The van der Waals surface area contributed by atoms with Crippen LogP contribution in [0.15, 0.2) is 36.4 Å². The van der Waals surface area contributed by atoms with Crippen molar-refractivity contribution in [1.82, 2.24) is 0 Å². The summed E-state index contributed by atoms with van der Waals surface area (Å²) in [5.74, 6) is 1.57. The molecular formula is C17H21NO. The van der Waals surface area contributed by atoms with Gasteiger partial charge in [0.1, 0.15) is 5.75 Å². The summed E-state index contributed by atoms with van der Waals surface area (Å²) in [5, 5.41) is 2.45. The first-order chi connectivity index (χ1) is 9.28. The maximum absolute atomic E-state index is 6.42. The van der Waals surface area contributed by atoms with E-state index in [2.05, 4.69) is 30.3 Å². The Hall–Kier alpha value is -1.54. The van der Waals surface area contributed by atoms with Crippen LogP contribution in [0, 0.1) is 5.92 Å².